The van der Waals surface area contributed by atoms with Crippen molar-refractivity contribution in [3.8, 4) is 0 Å². The number of thiophene rings is 1. The van der Waals surface area contributed by atoms with Gasteiger partial charge in [-0.05, 0) is 42.5 Å². The minimum absolute atomic E-state index is 0.0204. The molecule has 0 fully saturated rings. The molecule has 0 bridgehead atoms. The number of hydrogen-bond donors (Lipinski definition) is 3. The first kappa shape index (κ1) is 28.1. The van der Waals surface area contributed by atoms with Crippen molar-refractivity contribution in [2.45, 2.75) is 46.1 Å². The van der Waals surface area contributed by atoms with E-state index in [1.807, 2.05) is 20.8 Å². The zero-order valence-electron chi connectivity index (χ0n) is 20.6. The van der Waals surface area contributed by atoms with E-state index in [2.05, 4.69) is 10.6 Å². The number of ether oxygens (including phenoxy) is 1. The summed E-state index contributed by atoms with van der Waals surface area (Å²) < 4.78 is 18.2. The number of esters is 1. The third-order valence-corrected chi connectivity index (χ3v) is 7.00. The van der Waals surface area contributed by atoms with Gasteiger partial charge in [0.15, 0.2) is 5.78 Å². The number of carbonyl (C=O) groups excluding carboxylic acids is 4. The average molecular weight is 506 g/mol. The molecule has 1 aromatic heterocycles. The lowest BCUT2D eigenvalue weighted by atomic mass is 9.90. The highest BCUT2D eigenvalue weighted by Crippen LogP contribution is 2.34. The second kappa shape index (κ2) is 12.6. The van der Waals surface area contributed by atoms with Gasteiger partial charge < -0.3 is 21.1 Å². The van der Waals surface area contributed by atoms with Crippen LogP contribution in [-0.4, -0.2) is 49.8 Å². The van der Waals surface area contributed by atoms with E-state index in [4.69, 9.17) is 10.5 Å². The molecule has 1 aromatic carbocycles. The minimum Gasteiger partial charge on any atom is -0.465 e. The summed E-state index contributed by atoms with van der Waals surface area (Å²) in [5.41, 5.74) is 6.79. The Morgan fingerprint density at radius 2 is 1.66 bits per heavy atom. The van der Waals surface area contributed by atoms with Crippen molar-refractivity contribution in [2.75, 3.05) is 20.2 Å². The average Bonchev–Trinajstić information content (AvgIpc) is 3.19. The molecule has 0 saturated carbocycles. The highest BCUT2D eigenvalue weighted by atomic mass is 32.1. The van der Waals surface area contributed by atoms with Crippen LogP contribution >= 0.6 is 11.3 Å². The van der Waals surface area contributed by atoms with Crippen LogP contribution in [-0.2, 0) is 9.53 Å². The molecule has 190 valence electrons. The van der Waals surface area contributed by atoms with E-state index >= 15 is 0 Å². The standard InChI is InChI=1S/C25H32FN3O5S/c1-6-17(15-7-9-16(26)10-8-15)20(30)22-18(25(33)34-5)14(4)21(35-22)24(32)29-12-11-28-23(31)19(27)13(2)3/h7-10,13,17,19H,6,11-12,27H2,1-5H3,(H,28,31)(H,29,32)/t17?,19-/m0/s1. The molecular formula is C25H32FN3O5S. The van der Waals surface area contributed by atoms with Crippen LogP contribution in [0.3, 0.4) is 0 Å². The number of hydrogen-bond acceptors (Lipinski definition) is 7. The SMILES string of the molecule is CCC(C(=O)c1sc(C(=O)NCCNC(=O)[C@@H](N)C(C)C)c(C)c1C(=O)OC)c1ccc(F)cc1. The predicted molar refractivity (Wildman–Crippen MR) is 132 cm³/mol. The summed E-state index contributed by atoms with van der Waals surface area (Å²) in [5, 5.41) is 5.35. The molecule has 0 aliphatic rings. The number of carbonyl (C=O) groups is 4. The Morgan fingerprint density at radius 3 is 2.20 bits per heavy atom. The Hall–Kier alpha value is -3.11. The fourth-order valence-electron chi connectivity index (χ4n) is 3.54. The van der Waals surface area contributed by atoms with Gasteiger partial charge in [0.1, 0.15) is 5.82 Å². The first-order chi connectivity index (χ1) is 16.5. The number of rotatable bonds is 11. The van der Waals surface area contributed by atoms with Gasteiger partial charge in [0.2, 0.25) is 5.91 Å². The molecule has 0 aliphatic heterocycles. The monoisotopic (exact) mass is 505 g/mol. The van der Waals surface area contributed by atoms with Crippen molar-refractivity contribution in [3.63, 3.8) is 0 Å². The molecule has 35 heavy (non-hydrogen) atoms. The van der Waals surface area contributed by atoms with Crippen LogP contribution in [0.1, 0.15) is 73.9 Å². The van der Waals surface area contributed by atoms with E-state index in [1.54, 1.807) is 6.92 Å². The van der Waals surface area contributed by atoms with E-state index in [0.717, 1.165) is 11.3 Å². The smallest absolute Gasteiger partial charge is 0.339 e. The fraction of sp³-hybridized carbons (Fsp3) is 0.440. The topological polar surface area (TPSA) is 128 Å². The maximum Gasteiger partial charge on any atom is 0.339 e. The molecule has 8 nitrogen and oxygen atoms in total. The van der Waals surface area contributed by atoms with E-state index in [-0.39, 0.29) is 46.0 Å². The van der Waals surface area contributed by atoms with Crippen molar-refractivity contribution < 1.29 is 28.3 Å². The van der Waals surface area contributed by atoms with Gasteiger partial charge in [0.25, 0.3) is 5.91 Å². The third-order valence-electron chi connectivity index (χ3n) is 5.69. The first-order valence-corrected chi connectivity index (χ1v) is 12.2. The summed E-state index contributed by atoms with van der Waals surface area (Å²) in [6.07, 6.45) is 0.418. The van der Waals surface area contributed by atoms with Gasteiger partial charge >= 0.3 is 5.97 Å². The van der Waals surface area contributed by atoms with Crippen molar-refractivity contribution in [1.29, 1.82) is 0 Å². The lowest BCUT2D eigenvalue weighted by Gasteiger charge is -2.15. The lowest BCUT2D eigenvalue weighted by Crippen LogP contribution is -2.46. The summed E-state index contributed by atoms with van der Waals surface area (Å²) in [5.74, 6) is -2.91. The summed E-state index contributed by atoms with van der Waals surface area (Å²) in [7, 11) is 1.20. The zero-order valence-corrected chi connectivity index (χ0v) is 21.4. The van der Waals surface area contributed by atoms with Crippen molar-refractivity contribution in [2.24, 2.45) is 11.7 Å². The summed E-state index contributed by atoms with van der Waals surface area (Å²) in [6.45, 7) is 7.38. The normalized spacial score (nSPS) is 12.7. The Morgan fingerprint density at radius 1 is 1.06 bits per heavy atom. The minimum atomic E-state index is -0.718. The van der Waals surface area contributed by atoms with E-state index in [9.17, 15) is 23.6 Å². The summed E-state index contributed by atoms with van der Waals surface area (Å²) >= 11 is 0.917. The molecule has 1 unspecified atom stereocenters. The number of nitrogens with one attached hydrogen (secondary N) is 2. The number of methoxy groups -OCH3 is 1. The number of Topliss-reactive ketones (excluding diaryl/α,β-unsaturated/α-hetero) is 1. The van der Waals surface area contributed by atoms with Gasteiger partial charge in [-0.3, -0.25) is 14.4 Å². The fourth-order valence-corrected chi connectivity index (χ4v) is 4.75. The molecule has 0 saturated heterocycles. The first-order valence-electron chi connectivity index (χ1n) is 11.4. The maximum absolute atomic E-state index is 13.5. The molecule has 1 heterocycles. The number of amides is 2. The van der Waals surface area contributed by atoms with Crippen LogP contribution in [0.25, 0.3) is 0 Å². The Kier molecular flexibility index (Phi) is 10.1. The number of nitrogens with two attached hydrogens (primary N) is 1. The summed E-state index contributed by atoms with van der Waals surface area (Å²) in [4.78, 5) is 51.1. The van der Waals surface area contributed by atoms with Gasteiger partial charge in [-0.1, -0.05) is 32.9 Å². The highest BCUT2D eigenvalue weighted by Gasteiger charge is 2.32. The molecule has 0 spiro atoms. The van der Waals surface area contributed by atoms with Crippen LogP contribution in [0.4, 0.5) is 4.39 Å². The Balaban J connectivity index is 2.25. The van der Waals surface area contributed by atoms with Crippen LogP contribution in [0.2, 0.25) is 0 Å². The Labute approximate surface area is 208 Å². The zero-order chi connectivity index (χ0) is 26.3. The Bertz CT molecular complexity index is 1080. The predicted octanol–water partition coefficient (Wildman–Crippen LogP) is 3.19. The summed E-state index contributed by atoms with van der Waals surface area (Å²) in [6, 6.07) is 4.98. The third kappa shape index (κ3) is 6.73. The van der Waals surface area contributed by atoms with E-state index in [0.29, 0.717) is 17.5 Å². The molecule has 2 amide bonds. The van der Waals surface area contributed by atoms with Crippen molar-refractivity contribution in [1.82, 2.24) is 10.6 Å². The molecule has 4 N–H and O–H groups in total. The molecule has 2 rings (SSSR count). The quantitative estimate of drug-likeness (QED) is 0.245. The van der Waals surface area contributed by atoms with Gasteiger partial charge in [0.05, 0.1) is 28.5 Å². The molecule has 2 atom stereocenters. The molecular weight excluding hydrogens is 473 g/mol. The second-order valence-corrected chi connectivity index (χ2v) is 9.47. The van der Waals surface area contributed by atoms with Crippen molar-refractivity contribution in [3.05, 3.63) is 56.5 Å². The van der Waals surface area contributed by atoms with Gasteiger partial charge in [-0.25, -0.2) is 9.18 Å². The van der Waals surface area contributed by atoms with Gasteiger partial charge in [-0.2, -0.15) is 0 Å². The number of ketones is 1. The van der Waals surface area contributed by atoms with E-state index in [1.165, 1.54) is 31.4 Å². The second-order valence-electron chi connectivity index (χ2n) is 8.45. The lowest BCUT2D eigenvalue weighted by molar-refractivity contribution is -0.123. The van der Waals surface area contributed by atoms with Crippen LogP contribution in [0.5, 0.6) is 0 Å². The molecule has 2 aromatic rings. The van der Waals surface area contributed by atoms with Gasteiger partial charge in [0, 0.05) is 19.0 Å². The van der Waals surface area contributed by atoms with E-state index < -0.39 is 29.7 Å². The van der Waals surface area contributed by atoms with Crippen molar-refractivity contribution >= 4 is 34.9 Å². The van der Waals surface area contributed by atoms with Crippen LogP contribution < -0.4 is 16.4 Å². The maximum atomic E-state index is 13.5. The molecule has 10 heteroatoms. The largest absolute Gasteiger partial charge is 0.465 e. The molecule has 0 aliphatic carbocycles. The van der Waals surface area contributed by atoms with Gasteiger partial charge in [-0.15, -0.1) is 11.3 Å². The van der Waals surface area contributed by atoms with Crippen LogP contribution in [0.15, 0.2) is 24.3 Å². The highest BCUT2D eigenvalue weighted by molar-refractivity contribution is 7.16. The number of halogens is 1. The van der Waals surface area contributed by atoms with Crippen LogP contribution in [0, 0.1) is 18.7 Å². The molecule has 0 radical (unpaired) electrons. The number of benzene rings is 1.